The zero-order valence-electron chi connectivity index (χ0n) is 14.3. The summed E-state index contributed by atoms with van der Waals surface area (Å²) in [4.78, 5) is 27.1. The first-order chi connectivity index (χ1) is 9.99. The Balaban J connectivity index is 2.97. The fraction of sp³-hybridized carbons (Fsp3) is 0.882. The van der Waals surface area contributed by atoms with E-state index >= 15 is 0 Å². The summed E-state index contributed by atoms with van der Waals surface area (Å²) in [5, 5.41) is 2.96. The van der Waals surface area contributed by atoms with Gasteiger partial charge in [0.2, 0.25) is 11.8 Å². The van der Waals surface area contributed by atoms with E-state index in [0.29, 0.717) is 5.92 Å². The van der Waals surface area contributed by atoms with Gasteiger partial charge in [-0.25, -0.2) is 0 Å². The van der Waals surface area contributed by atoms with Crippen LogP contribution in [0.1, 0.15) is 66.7 Å². The van der Waals surface area contributed by atoms with Crippen molar-refractivity contribution in [3.05, 3.63) is 0 Å². The van der Waals surface area contributed by atoms with Gasteiger partial charge in [0.15, 0.2) is 0 Å². The summed E-state index contributed by atoms with van der Waals surface area (Å²) in [5.41, 5.74) is 0. The predicted octanol–water partition coefficient (Wildman–Crippen LogP) is 2.96. The molecule has 1 N–H and O–H groups in total. The highest BCUT2D eigenvalue weighted by Gasteiger charge is 2.41. The Bertz CT molecular complexity index is 353. The van der Waals surface area contributed by atoms with Crippen molar-refractivity contribution in [3.8, 4) is 0 Å². The molecule has 0 spiro atoms. The van der Waals surface area contributed by atoms with Crippen molar-refractivity contribution < 1.29 is 9.59 Å². The Morgan fingerprint density at radius 1 is 1.10 bits per heavy atom. The van der Waals surface area contributed by atoms with Gasteiger partial charge in [0.25, 0.3) is 0 Å². The Morgan fingerprint density at radius 3 is 2.19 bits per heavy atom. The molecule has 0 saturated carbocycles. The van der Waals surface area contributed by atoms with Crippen LogP contribution in [0.3, 0.4) is 0 Å². The van der Waals surface area contributed by atoms with E-state index in [0.717, 1.165) is 38.6 Å². The van der Waals surface area contributed by atoms with Crippen LogP contribution in [0.4, 0.5) is 0 Å². The average Bonchev–Trinajstić information content (AvgIpc) is 2.49. The van der Waals surface area contributed by atoms with Gasteiger partial charge >= 0.3 is 0 Å². The molecule has 1 aliphatic heterocycles. The molecule has 1 aliphatic rings. The van der Waals surface area contributed by atoms with Crippen molar-refractivity contribution in [1.29, 1.82) is 0 Å². The fourth-order valence-corrected chi connectivity index (χ4v) is 3.01. The maximum atomic E-state index is 12.8. The Kier molecular flexibility index (Phi) is 7.20. The van der Waals surface area contributed by atoms with Crippen molar-refractivity contribution in [2.24, 2.45) is 11.8 Å². The van der Waals surface area contributed by atoms with Crippen molar-refractivity contribution in [2.45, 2.75) is 78.8 Å². The number of hydrogen-bond acceptors (Lipinski definition) is 2. The Morgan fingerprint density at radius 2 is 1.71 bits per heavy atom. The summed E-state index contributed by atoms with van der Waals surface area (Å²) >= 11 is 0. The first-order valence-electron chi connectivity index (χ1n) is 8.60. The lowest BCUT2D eigenvalue weighted by atomic mass is 9.91. The third-order valence-electron chi connectivity index (χ3n) is 4.91. The SMILES string of the molecule is CCCC1C(=O)NC(C(C)CC)C(=O)N1CC(CC)CC. The number of rotatable bonds is 8. The number of hydrogen-bond donors (Lipinski definition) is 1. The van der Waals surface area contributed by atoms with Crippen LogP contribution in [0.2, 0.25) is 0 Å². The van der Waals surface area contributed by atoms with E-state index < -0.39 is 0 Å². The number of amides is 2. The second-order valence-corrected chi connectivity index (χ2v) is 6.35. The molecule has 2 amide bonds. The van der Waals surface area contributed by atoms with E-state index in [2.05, 4.69) is 33.0 Å². The molecule has 122 valence electrons. The van der Waals surface area contributed by atoms with Crippen molar-refractivity contribution in [2.75, 3.05) is 6.54 Å². The van der Waals surface area contributed by atoms with E-state index in [9.17, 15) is 9.59 Å². The first kappa shape index (κ1) is 18.0. The van der Waals surface area contributed by atoms with E-state index in [1.807, 2.05) is 11.8 Å². The molecule has 0 radical (unpaired) electrons. The second kappa shape index (κ2) is 8.40. The molecule has 1 rings (SSSR count). The van der Waals surface area contributed by atoms with Gasteiger partial charge in [0, 0.05) is 6.54 Å². The maximum absolute atomic E-state index is 12.8. The molecule has 0 aliphatic carbocycles. The summed E-state index contributed by atoms with van der Waals surface area (Å²) in [6.07, 6.45) is 4.67. The number of nitrogens with one attached hydrogen (secondary N) is 1. The molecule has 1 saturated heterocycles. The number of piperazine rings is 1. The summed E-state index contributed by atoms with van der Waals surface area (Å²) in [6, 6.07) is -0.617. The highest BCUT2D eigenvalue weighted by molar-refractivity contribution is 5.97. The zero-order chi connectivity index (χ0) is 16.0. The molecule has 3 unspecified atom stereocenters. The lowest BCUT2D eigenvalue weighted by molar-refractivity contribution is -0.152. The van der Waals surface area contributed by atoms with E-state index in [4.69, 9.17) is 0 Å². The summed E-state index contributed by atoms with van der Waals surface area (Å²) in [7, 11) is 0. The van der Waals surface area contributed by atoms with Crippen molar-refractivity contribution in [3.63, 3.8) is 0 Å². The van der Waals surface area contributed by atoms with Gasteiger partial charge in [0.05, 0.1) is 0 Å². The molecule has 0 bridgehead atoms. The lowest BCUT2D eigenvalue weighted by Gasteiger charge is -2.42. The van der Waals surface area contributed by atoms with Crippen LogP contribution in [-0.2, 0) is 9.59 Å². The average molecular weight is 296 g/mol. The minimum absolute atomic E-state index is 0.0349. The van der Waals surface area contributed by atoms with Crippen LogP contribution in [0, 0.1) is 11.8 Å². The van der Waals surface area contributed by atoms with Crippen LogP contribution < -0.4 is 5.32 Å². The van der Waals surface area contributed by atoms with Crippen LogP contribution in [-0.4, -0.2) is 35.3 Å². The van der Waals surface area contributed by atoms with Crippen LogP contribution in [0.25, 0.3) is 0 Å². The monoisotopic (exact) mass is 296 g/mol. The van der Waals surface area contributed by atoms with Gasteiger partial charge < -0.3 is 10.2 Å². The van der Waals surface area contributed by atoms with Gasteiger partial charge in [-0.3, -0.25) is 9.59 Å². The molecule has 4 nitrogen and oxygen atoms in total. The highest BCUT2D eigenvalue weighted by atomic mass is 16.2. The number of nitrogens with zero attached hydrogens (tertiary/aromatic N) is 1. The lowest BCUT2D eigenvalue weighted by Crippen LogP contribution is -2.65. The summed E-state index contributed by atoms with van der Waals surface area (Å²) < 4.78 is 0. The number of carbonyl (C=O) groups is 2. The third kappa shape index (κ3) is 4.21. The maximum Gasteiger partial charge on any atom is 0.246 e. The molecule has 1 fully saturated rings. The topological polar surface area (TPSA) is 49.4 Å². The zero-order valence-corrected chi connectivity index (χ0v) is 14.3. The minimum Gasteiger partial charge on any atom is -0.342 e. The molecular formula is C17H32N2O2. The predicted molar refractivity (Wildman–Crippen MR) is 85.9 cm³/mol. The van der Waals surface area contributed by atoms with Gasteiger partial charge in [0.1, 0.15) is 12.1 Å². The standard InChI is InChI=1S/C17H32N2O2/c1-6-10-14-16(20)18-15(12(5)7-2)17(21)19(14)11-13(8-3)9-4/h12-15H,6-11H2,1-5H3,(H,18,20). The summed E-state index contributed by atoms with van der Waals surface area (Å²) in [6.45, 7) is 11.2. The molecule has 0 aromatic carbocycles. The normalized spacial score (nSPS) is 24.4. The number of carbonyl (C=O) groups excluding carboxylic acids is 2. The van der Waals surface area contributed by atoms with E-state index in [1.54, 1.807) is 0 Å². The Hall–Kier alpha value is -1.06. The minimum atomic E-state index is -0.343. The highest BCUT2D eigenvalue weighted by Crippen LogP contribution is 2.23. The molecule has 21 heavy (non-hydrogen) atoms. The van der Waals surface area contributed by atoms with Gasteiger partial charge in [-0.1, -0.05) is 60.3 Å². The van der Waals surface area contributed by atoms with Gasteiger partial charge in [-0.2, -0.15) is 0 Å². The third-order valence-corrected chi connectivity index (χ3v) is 4.91. The first-order valence-corrected chi connectivity index (χ1v) is 8.60. The molecule has 3 atom stereocenters. The molecule has 0 aromatic heterocycles. The van der Waals surface area contributed by atoms with Gasteiger partial charge in [-0.15, -0.1) is 0 Å². The van der Waals surface area contributed by atoms with Crippen molar-refractivity contribution >= 4 is 11.8 Å². The molecule has 1 heterocycles. The Labute approximate surface area is 129 Å². The van der Waals surface area contributed by atoms with Crippen molar-refractivity contribution in [1.82, 2.24) is 10.2 Å². The second-order valence-electron chi connectivity index (χ2n) is 6.35. The molecule has 0 aromatic rings. The van der Waals surface area contributed by atoms with Crippen LogP contribution >= 0.6 is 0 Å². The largest absolute Gasteiger partial charge is 0.342 e. The molecular weight excluding hydrogens is 264 g/mol. The van der Waals surface area contributed by atoms with Gasteiger partial charge in [-0.05, 0) is 18.3 Å². The van der Waals surface area contributed by atoms with Crippen LogP contribution in [0.15, 0.2) is 0 Å². The smallest absolute Gasteiger partial charge is 0.246 e. The van der Waals surface area contributed by atoms with E-state index in [1.165, 1.54) is 0 Å². The fourth-order valence-electron chi connectivity index (χ4n) is 3.01. The summed E-state index contributed by atoms with van der Waals surface area (Å²) in [5.74, 6) is 0.826. The van der Waals surface area contributed by atoms with E-state index in [-0.39, 0.29) is 29.8 Å². The molecule has 4 heteroatoms. The quantitative estimate of drug-likeness (QED) is 0.748. The van der Waals surface area contributed by atoms with Crippen LogP contribution in [0.5, 0.6) is 0 Å².